The molecule has 1 N–H and O–H groups in total. The SMILES string of the molecule is CCOc1ccccc1N(C(=O)c1ccco1)[C@@H](C(=O)NC1CCCC1)c1cc(OC)c(OC)c(OC)c1. The van der Waals surface area contributed by atoms with E-state index in [-0.39, 0.29) is 17.7 Å². The number of anilines is 1. The number of carbonyl (C=O) groups is 2. The van der Waals surface area contributed by atoms with Crippen LogP contribution in [-0.2, 0) is 4.79 Å². The number of hydrogen-bond acceptors (Lipinski definition) is 7. The van der Waals surface area contributed by atoms with Gasteiger partial charge in [-0.15, -0.1) is 0 Å². The molecular weight excluding hydrogens is 488 g/mol. The summed E-state index contributed by atoms with van der Waals surface area (Å²) in [6.45, 7) is 2.24. The number of para-hydroxylation sites is 2. The van der Waals surface area contributed by atoms with Crippen LogP contribution < -0.4 is 29.2 Å². The zero-order chi connectivity index (χ0) is 27.1. The summed E-state index contributed by atoms with van der Waals surface area (Å²) in [5.74, 6) is 0.823. The lowest BCUT2D eigenvalue weighted by Crippen LogP contribution is -2.46. The van der Waals surface area contributed by atoms with Gasteiger partial charge in [-0.3, -0.25) is 14.5 Å². The minimum absolute atomic E-state index is 0.0229. The highest BCUT2D eigenvalue weighted by atomic mass is 16.5. The van der Waals surface area contributed by atoms with Gasteiger partial charge in [0.25, 0.3) is 5.91 Å². The summed E-state index contributed by atoms with van der Waals surface area (Å²) >= 11 is 0. The van der Waals surface area contributed by atoms with Crippen molar-refractivity contribution >= 4 is 17.5 Å². The maximum atomic E-state index is 14.1. The van der Waals surface area contributed by atoms with Crippen molar-refractivity contribution in [3.05, 3.63) is 66.1 Å². The highest BCUT2D eigenvalue weighted by Crippen LogP contribution is 2.43. The Kier molecular flexibility index (Phi) is 8.78. The second-order valence-electron chi connectivity index (χ2n) is 8.90. The second kappa shape index (κ2) is 12.4. The number of amides is 2. The third-order valence-electron chi connectivity index (χ3n) is 6.59. The van der Waals surface area contributed by atoms with Crippen LogP contribution in [0.2, 0.25) is 0 Å². The molecule has 202 valence electrons. The zero-order valence-electron chi connectivity index (χ0n) is 22.2. The first kappa shape index (κ1) is 26.9. The number of nitrogens with one attached hydrogen (secondary N) is 1. The van der Waals surface area contributed by atoms with E-state index in [0.717, 1.165) is 25.7 Å². The molecule has 1 heterocycles. The van der Waals surface area contributed by atoms with E-state index in [1.54, 1.807) is 42.5 Å². The number of benzene rings is 2. The Morgan fingerprint density at radius 3 is 2.24 bits per heavy atom. The van der Waals surface area contributed by atoms with Crippen molar-refractivity contribution in [2.24, 2.45) is 0 Å². The van der Waals surface area contributed by atoms with Crippen LogP contribution in [0.5, 0.6) is 23.0 Å². The third-order valence-corrected chi connectivity index (χ3v) is 6.59. The molecule has 0 unspecified atom stereocenters. The van der Waals surface area contributed by atoms with E-state index in [1.165, 1.54) is 32.5 Å². The molecule has 2 aromatic carbocycles. The molecule has 1 fully saturated rings. The fourth-order valence-corrected chi connectivity index (χ4v) is 4.85. The molecule has 1 aliphatic carbocycles. The molecule has 4 rings (SSSR count). The number of ether oxygens (including phenoxy) is 4. The van der Waals surface area contributed by atoms with Gasteiger partial charge in [0.1, 0.15) is 11.8 Å². The van der Waals surface area contributed by atoms with Crippen molar-refractivity contribution in [1.29, 1.82) is 0 Å². The average Bonchev–Trinajstić information content (AvgIpc) is 3.66. The first-order chi connectivity index (χ1) is 18.5. The summed E-state index contributed by atoms with van der Waals surface area (Å²) in [6, 6.07) is 12.6. The predicted molar refractivity (Wildman–Crippen MR) is 142 cm³/mol. The lowest BCUT2D eigenvalue weighted by molar-refractivity contribution is -0.123. The lowest BCUT2D eigenvalue weighted by Gasteiger charge is -2.33. The third kappa shape index (κ3) is 5.56. The van der Waals surface area contributed by atoms with Gasteiger partial charge in [0.2, 0.25) is 11.7 Å². The number of furan rings is 1. The molecule has 2 amide bonds. The maximum Gasteiger partial charge on any atom is 0.295 e. The van der Waals surface area contributed by atoms with E-state index in [2.05, 4.69) is 5.32 Å². The average molecular weight is 523 g/mol. The number of rotatable bonds is 11. The van der Waals surface area contributed by atoms with E-state index in [9.17, 15) is 9.59 Å². The summed E-state index contributed by atoms with van der Waals surface area (Å²) in [4.78, 5) is 29.6. The maximum absolute atomic E-state index is 14.1. The van der Waals surface area contributed by atoms with Crippen molar-refractivity contribution in [2.75, 3.05) is 32.8 Å². The van der Waals surface area contributed by atoms with Gasteiger partial charge in [0.05, 0.1) is 39.9 Å². The van der Waals surface area contributed by atoms with Crippen LogP contribution in [0, 0.1) is 0 Å². The van der Waals surface area contributed by atoms with Gasteiger partial charge in [0, 0.05) is 6.04 Å². The van der Waals surface area contributed by atoms with Gasteiger partial charge >= 0.3 is 0 Å². The van der Waals surface area contributed by atoms with Gasteiger partial charge in [-0.25, -0.2) is 0 Å². The molecule has 0 radical (unpaired) electrons. The van der Waals surface area contributed by atoms with E-state index in [0.29, 0.717) is 40.9 Å². The van der Waals surface area contributed by atoms with Crippen molar-refractivity contribution in [3.63, 3.8) is 0 Å². The monoisotopic (exact) mass is 522 g/mol. The Morgan fingerprint density at radius 2 is 1.66 bits per heavy atom. The second-order valence-corrected chi connectivity index (χ2v) is 8.90. The highest BCUT2D eigenvalue weighted by Gasteiger charge is 2.38. The summed E-state index contributed by atoms with van der Waals surface area (Å²) in [6.07, 6.45) is 5.28. The Morgan fingerprint density at radius 1 is 0.974 bits per heavy atom. The molecule has 38 heavy (non-hydrogen) atoms. The molecule has 0 saturated heterocycles. The van der Waals surface area contributed by atoms with Crippen molar-refractivity contribution in [1.82, 2.24) is 5.32 Å². The van der Waals surface area contributed by atoms with Crippen LogP contribution >= 0.6 is 0 Å². The smallest absolute Gasteiger partial charge is 0.295 e. The molecule has 9 nitrogen and oxygen atoms in total. The van der Waals surface area contributed by atoms with E-state index < -0.39 is 11.9 Å². The molecule has 1 aliphatic rings. The summed E-state index contributed by atoms with van der Waals surface area (Å²) in [7, 11) is 4.52. The van der Waals surface area contributed by atoms with E-state index >= 15 is 0 Å². The van der Waals surface area contributed by atoms with Crippen LogP contribution in [-0.4, -0.2) is 45.8 Å². The van der Waals surface area contributed by atoms with Gasteiger partial charge in [-0.05, 0) is 61.7 Å². The fraction of sp³-hybridized carbons (Fsp3) is 0.379. The van der Waals surface area contributed by atoms with Crippen molar-refractivity contribution in [3.8, 4) is 23.0 Å². The molecular formula is C29H34N2O7. The van der Waals surface area contributed by atoms with Gasteiger partial charge in [-0.1, -0.05) is 25.0 Å². The van der Waals surface area contributed by atoms with Crippen LogP contribution in [0.15, 0.2) is 59.2 Å². The Hall–Kier alpha value is -4.14. The zero-order valence-corrected chi connectivity index (χ0v) is 22.2. The number of methoxy groups -OCH3 is 3. The minimum Gasteiger partial charge on any atom is -0.493 e. The molecule has 3 aromatic rings. The topological polar surface area (TPSA) is 99.5 Å². The quantitative estimate of drug-likeness (QED) is 0.372. The lowest BCUT2D eigenvalue weighted by atomic mass is 10.00. The number of nitrogens with zero attached hydrogens (tertiary/aromatic N) is 1. The first-order valence-corrected chi connectivity index (χ1v) is 12.7. The van der Waals surface area contributed by atoms with Gasteiger partial charge in [0.15, 0.2) is 17.3 Å². The Bertz CT molecular complexity index is 1210. The Labute approximate surface area is 222 Å². The number of carbonyl (C=O) groups excluding carboxylic acids is 2. The normalized spacial score (nSPS) is 14.0. The van der Waals surface area contributed by atoms with Crippen LogP contribution in [0.25, 0.3) is 0 Å². The molecule has 0 spiro atoms. The standard InChI is InChI=1S/C29H34N2O7/c1-5-37-22-14-9-8-13-21(22)31(29(33)23-15-10-16-38-23)26(28(32)30-20-11-6-7-12-20)19-17-24(34-2)27(36-4)25(18-19)35-3/h8-10,13-18,20,26H,5-7,11-12H2,1-4H3,(H,30,32)/t26-/m1/s1. The molecule has 0 bridgehead atoms. The van der Waals surface area contributed by atoms with Crippen molar-refractivity contribution < 1.29 is 33.0 Å². The molecule has 0 aliphatic heterocycles. The molecule has 1 aromatic heterocycles. The first-order valence-electron chi connectivity index (χ1n) is 12.7. The summed E-state index contributed by atoms with van der Waals surface area (Å²) in [5.41, 5.74) is 0.900. The minimum atomic E-state index is -1.11. The number of hydrogen-bond donors (Lipinski definition) is 1. The van der Waals surface area contributed by atoms with Gasteiger partial charge < -0.3 is 28.7 Å². The largest absolute Gasteiger partial charge is 0.493 e. The predicted octanol–water partition coefficient (Wildman–Crippen LogP) is 5.15. The summed E-state index contributed by atoms with van der Waals surface area (Å²) in [5, 5.41) is 3.17. The summed E-state index contributed by atoms with van der Waals surface area (Å²) < 4.78 is 28.0. The molecule has 1 atom stereocenters. The van der Waals surface area contributed by atoms with Gasteiger partial charge in [-0.2, -0.15) is 0 Å². The Balaban J connectivity index is 1.94. The van der Waals surface area contributed by atoms with Crippen molar-refractivity contribution in [2.45, 2.75) is 44.7 Å². The van der Waals surface area contributed by atoms with Crippen LogP contribution in [0.4, 0.5) is 5.69 Å². The van der Waals surface area contributed by atoms with Crippen LogP contribution in [0.3, 0.4) is 0 Å². The highest BCUT2D eigenvalue weighted by molar-refractivity contribution is 6.09. The van der Waals surface area contributed by atoms with E-state index in [4.69, 9.17) is 23.4 Å². The van der Waals surface area contributed by atoms with Crippen LogP contribution in [0.1, 0.15) is 54.8 Å². The van der Waals surface area contributed by atoms with E-state index in [1.807, 2.05) is 13.0 Å². The fourth-order valence-electron chi connectivity index (χ4n) is 4.85. The molecule has 9 heteroatoms. The molecule has 1 saturated carbocycles.